The molecule has 0 aliphatic heterocycles. The summed E-state index contributed by atoms with van der Waals surface area (Å²) < 4.78 is 0. The molecule has 2 aromatic heterocycles. The third-order valence-electron chi connectivity index (χ3n) is 2.10. The Hall–Kier alpha value is -1.60. The lowest BCUT2D eigenvalue weighted by Gasteiger charge is -1.96. The molecule has 0 atom stereocenters. The van der Waals surface area contributed by atoms with Crippen molar-refractivity contribution < 1.29 is 19.8 Å². The highest BCUT2D eigenvalue weighted by Crippen LogP contribution is 2.18. The van der Waals surface area contributed by atoms with Gasteiger partial charge in [-0.3, -0.25) is 0 Å². The molecule has 0 aromatic carbocycles. The number of carbonyl (C=O) groups is 2. The Morgan fingerprint density at radius 1 is 0.909 bits per heavy atom. The second kappa shape index (κ2) is 8.14. The molecule has 0 unspecified atom stereocenters. The Morgan fingerprint density at radius 2 is 1.50 bits per heavy atom. The molecule has 6 nitrogen and oxygen atoms in total. The zero-order valence-corrected chi connectivity index (χ0v) is 13.5. The molecule has 0 aliphatic rings. The highest BCUT2D eigenvalue weighted by molar-refractivity contribution is 6.36. The van der Waals surface area contributed by atoms with Crippen molar-refractivity contribution in [2.45, 2.75) is 0 Å². The molecular weight excluding hydrogens is 378 g/mol. The van der Waals surface area contributed by atoms with E-state index in [1.165, 1.54) is 18.2 Å². The van der Waals surface area contributed by atoms with Crippen molar-refractivity contribution in [1.82, 2.24) is 9.97 Å². The van der Waals surface area contributed by atoms with Crippen LogP contribution in [0.4, 0.5) is 0 Å². The van der Waals surface area contributed by atoms with Gasteiger partial charge in [0.15, 0.2) is 0 Å². The number of hydrogen-bond acceptors (Lipinski definition) is 4. The van der Waals surface area contributed by atoms with Gasteiger partial charge < -0.3 is 10.2 Å². The molecule has 2 aromatic rings. The van der Waals surface area contributed by atoms with Gasteiger partial charge in [-0.05, 0) is 18.2 Å². The maximum atomic E-state index is 10.4. The van der Waals surface area contributed by atoms with E-state index in [0.29, 0.717) is 0 Å². The van der Waals surface area contributed by atoms with E-state index in [2.05, 4.69) is 9.97 Å². The van der Waals surface area contributed by atoms with Crippen molar-refractivity contribution in [2.75, 3.05) is 0 Å². The fourth-order valence-corrected chi connectivity index (χ4v) is 2.01. The van der Waals surface area contributed by atoms with E-state index in [1.54, 1.807) is 0 Å². The molecule has 0 saturated carbocycles. The fraction of sp³-hybridized carbons (Fsp3) is 0. The highest BCUT2D eigenvalue weighted by atomic mass is 35.5. The lowest BCUT2D eigenvalue weighted by Crippen LogP contribution is -1.98. The lowest BCUT2D eigenvalue weighted by molar-refractivity contribution is 0.0685. The molecule has 2 N–H and O–H groups in total. The van der Waals surface area contributed by atoms with Crippen LogP contribution in [-0.4, -0.2) is 32.1 Å². The SMILES string of the molecule is O=C(O)c1ccc(Cl)nc1Cl.O=C(O)c1cnc(Cl)cc1Cl. The first-order valence-corrected chi connectivity index (χ1v) is 6.83. The molecule has 0 fully saturated rings. The summed E-state index contributed by atoms with van der Waals surface area (Å²) in [6.07, 6.45) is 1.12. The van der Waals surface area contributed by atoms with Crippen LogP contribution in [0.15, 0.2) is 24.4 Å². The van der Waals surface area contributed by atoms with Gasteiger partial charge in [-0.25, -0.2) is 19.6 Å². The van der Waals surface area contributed by atoms with Crippen LogP contribution in [-0.2, 0) is 0 Å². The van der Waals surface area contributed by atoms with Crippen LogP contribution in [0.1, 0.15) is 20.7 Å². The molecule has 0 saturated heterocycles. The van der Waals surface area contributed by atoms with Gasteiger partial charge in [0.05, 0.1) is 16.1 Å². The van der Waals surface area contributed by atoms with Crippen molar-refractivity contribution >= 4 is 58.3 Å². The number of nitrogens with zero attached hydrogens (tertiary/aromatic N) is 2. The highest BCUT2D eigenvalue weighted by Gasteiger charge is 2.09. The maximum Gasteiger partial charge on any atom is 0.338 e. The average molecular weight is 384 g/mol. The summed E-state index contributed by atoms with van der Waals surface area (Å²) in [6, 6.07) is 3.96. The van der Waals surface area contributed by atoms with Gasteiger partial charge in [0.25, 0.3) is 0 Å². The number of pyridine rings is 2. The van der Waals surface area contributed by atoms with E-state index in [1.807, 2.05) is 0 Å². The van der Waals surface area contributed by atoms with E-state index in [4.69, 9.17) is 56.6 Å². The normalized spacial score (nSPS) is 9.64. The predicted molar refractivity (Wildman–Crippen MR) is 82.4 cm³/mol. The Balaban J connectivity index is 0.000000220. The van der Waals surface area contributed by atoms with E-state index in [9.17, 15) is 9.59 Å². The van der Waals surface area contributed by atoms with Gasteiger partial charge in [0.2, 0.25) is 0 Å². The van der Waals surface area contributed by atoms with Crippen molar-refractivity contribution in [3.05, 3.63) is 56.0 Å². The molecular formula is C12H6Cl4N2O4. The van der Waals surface area contributed by atoms with Crippen LogP contribution in [0.3, 0.4) is 0 Å². The lowest BCUT2D eigenvalue weighted by atomic mass is 10.3. The Kier molecular flexibility index (Phi) is 6.83. The third kappa shape index (κ3) is 5.31. The number of hydrogen-bond donors (Lipinski definition) is 2. The molecule has 2 rings (SSSR count). The second-order valence-electron chi connectivity index (χ2n) is 3.57. The average Bonchev–Trinajstić information content (AvgIpc) is 2.38. The minimum Gasteiger partial charge on any atom is -0.478 e. The van der Waals surface area contributed by atoms with Crippen LogP contribution < -0.4 is 0 Å². The largest absolute Gasteiger partial charge is 0.478 e. The molecule has 0 amide bonds. The number of rotatable bonds is 2. The van der Waals surface area contributed by atoms with Crippen LogP contribution in [0, 0.1) is 0 Å². The number of aromatic nitrogens is 2. The predicted octanol–water partition coefficient (Wildman–Crippen LogP) is 4.17. The first kappa shape index (κ1) is 18.4. The molecule has 0 spiro atoms. The summed E-state index contributed by atoms with van der Waals surface area (Å²) in [5, 5.41) is 17.3. The smallest absolute Gasteiger partial charge is 0.338 e. The summed E-state index contributed by atoms with van der Waals surface area (Å²) in [6.45, 7) is 0. The van der Waals surface area contributed by atoms with Gasteiger partial charge in [-0.2, -0.15) is 0 Å². The van der Waals surface area contributed by atoms with E-state index in [-0.39, 0.29) is 31.6 Å². The molecule has 0 bridgehead atoms. The first-order valence-electron chi connectivity index (χ1n) is 5.32. The second-order valence-corrected chi connectivity index (χ2v) is 5.11. The van der Waals surface area contributed by atoms with Gasteiger partial charge in [0.1, 0.15) is 15.5 Å². The van der Waals surface area contributed by atoms with Crippen LogP contribution in [0.2, 0.25) is 20.5 Å². The monoisotopic (exact) mass is 382 g/mol. The first-order chi connectivity index (χ1) is 10.2. The van der Waals surface area contributed by atoms with Crippen molar-refractivity contribution in [1.29, 1.82) is 0 Å². The van der Waals surface area contributed by atoms with Crippen molar-refractivity contribution in [3.8, 4) is 0 Å². The minimum atomic E-state index is -1.11. The van der Waals surface area contributed by atoms with Crippen molar-refractivity contribution in [3.63, 3.8) is 0 Å². The molecule has 0 radical (unpaired) electrons. The standard InChI is InChI=1S/2C6H3Cl2NO2/c7-4-1-5(8)9-2-3(4)6(10)11;7-4-2-1-3(6(10)11)5(8)9-4/h2*1-2H,(H,10,11). The van der Waals surface area contributed by atoms with Crippen LogP contribution in [0.25, 0.3) is 0 Å². The number of carboxylic acids is 2. The van der Waals surface area contributed by atoms with Gasteiger partial charge in [-0.1, -0.05) is 46.4 Å². The molecule has 0 aliphatic carbocycles. The van der Waals surface area contributed by atoms with Gasteiger partial charge in [0, 0.05) is 6.20 Å². The number of halogens is 4. The van der Waals surface area contributed by atoms with E-state index < -0.39 is 11.9 Å². The quantitative estimate of drug-likeness (QED) is 0.754. The van der Waals surface area contributed by atoms with Crippen LogP contribution >= 0.6 is 46.4 Å². The zero-order valence-electron chi connectivity index (χ0n) is 10.4. The van der Waals surface area contributed by atoms with Gasteiger partial charge in [-0.15, -0.1) is 0 Å². The summed E-state index contributed by atoms with van der Waals surface area (Å²) >= 11 is 21.8. The topological polar surface area (TPSA) is 100 Å². The molecule has 10 heteroatoms. The van der Waals surface area contributed by atoms with Gasteiger partial charge >= 0.3 is 11.9 Å². The molecule has 116 valence electrons. The summed E-state index contributed by atoms with van der Waals surface area (Å²) in [5.41, 5.74) is -0.0906. The Morgan fingerprint density at radius 3 is 1.95 bits per heavy atom. The molecule has 2 heterocycles. The number of carboxylic acid groups (broad SMARTS) is 2. The maximum absolute atomic E-state index is 10.4. The Bertz CT molecular complexity index is 663. The third-order valence-corrected chi connectivity index (χ3v) is 3.11. The van der Waals surface area contributed by atoms with Crippen molar-refractivity contribution in [2.24, 2.45) is 0 Å². The Labute approximate surface area is 144 Å². The van der Waals surface area contributed by atoms with E-state index in [0.717, 1.165) is 6.20 Å². The minimum absolute atomic E-state index is 0.0453. The summed E-state index contributed by atoms with van der Waals surface area (Å²) in [5.74, 6) is -2.22. The summed E-state index contributed by atoms with van der Waals surface area (Å²) in [7, 11) is 0. The number of aromatic carboxylic acids is 2. The van der Waals surface area contributed by atoms with Crippen LogP contribution in [0.5, 0.6) is 0 Å². The molecule has 22 heavy (non-hydrogen) atoms. The summed E-state index contributed by atoms with van der Waals surface area (Å²) in [4.78, 5) is 27.8. The van der Waals surface area contributed by atoms with E-state index >= 15 is 0 Å². The fourth-order valence-electron chi connectivity index (χ4n) is 1.14. The zero-order chi connectivity index (χ0) is 16.9.